The zero-order valence-corrected chi connectivity index (χ0v) is 26.6. The summed E-state index contributed by atoms with van der Waals surface area (Å²) in [5.74, 6) is 1.00. The molecule has 0 aliphatic heterocycles. The summed E-state index contributed by atoms with van der Waals surface area (Å²) in [6, 6.07) is 41.4. The van der Waals surface area contributed by atoms with Crippen LogP contribution in [0.3, 0.4) is 0 Å². The number of H-pyrrole nitrogens is 1. The molecule has 0 spiro atoms. The van der Waals surface area contributed by atoms with Crippen molar-refractivity contribution in [2.75, 3.05) is 0 Å². The molecule has 6 nitrogen and oxygen atoms in total. The van der Waals surface area contributed by atoms with E-state index in [1.165, 1.54) is 50.8 Å². The van der Waals surface area contributed by atoms with Crippen LogP contribution in [0.15, 0.2) is 128 Å². The van der Waals surface area contributed by atoms with Gasteiger partial charge in [0.15, 0.2) is 0 Å². The second kappa shape index (κ2) is 13.4. The Kier molecular flexibility index (Phi) is 8.35. The van der Waals surface area contributed by atoms with Crippen molar-refractivity contribution in [3.63, 3.8) is 0 Å². The van der Waals surface area contributed by atoms with Crippen LogP contribution in [-0.4, -0.2) is 24.4 Å². The monoisotopic (exact) mass is 616 g/mol. The SMILES string of the molecule is c1ccc(Cn2cc(CNCc3ccc(CN(Cc4nc5ccccc5[nH]4)C4CCCc5cccnc54)cc3)c3ccccc32)cc1. The van der Waals surface area contributed by atoms with Crippen molar-refractivity contribution in [3.05, 3.63) is 167 Å². The van der Waals surface area contributed by atoms with Crippen LogP contribution in [0, 0.1) is 0 Å². The fourth-order valence-electron chi connectivity index (χ4n) is 7.20. The molecule has 3 aromatic heterocycles. The van der Waals surface area contributed by atoms with Gasteiger partial charge in [0.2, 0.25) is 0 Å². The number of aryl methyl sites for hydroxylation is 1. The zero-order valence-electron chi connectivity index (χ0n) is 26.6. The lowest BCUT2D eigenvalue weighted by atomic mass is 9.90. The van der Waals surface area contributed by atoms with Crippen molar-refractivity contribution >= 4 is 21.9 Å². The summed E-state index contributed by atoms with van der Waals surface area (Å²) in [5.41, 5.74) is 11.2. The number of hydrogen-bond acceptors (Lipinski definition) is 4. The van der Waals surface area contributed by atoms with E-state index >= 15 is 0 Å². The van der Waals surface area contributed by atoms with Gasteiger partial charge in [-0.15, -0.1) is 0 Å². The number of pyridine rings is 1. The van der Waals surface area contributed by atoms with Gasteiger partial charge in [0.05, 0.1) is 29.3 Å². The topological polar surface area (TPSA) is 61.8 Å². The largest absolute Gasteiger partial charge is 0.343 e. The van der Waals surface area contributed by atoms with Gasteiger partial charge in [0.1, 0.15) is 5.82 Å². The zero-order chi connectivity index (χ0) is 31.4. The molecule has 234 valence electrons. The Morgan fingerprint density at radius 3 is 2.47 bits per heavy atom. The number of aromatic nitrogens is 4. The average Bonchev–Trinajstić information content (AvgIpc) is 3.69. The molecule has 8 rings (SSSR count). The highest BCUT2D eigenvalue weighted by molar-refractivity contribution is 5.84. The van der Waals surface area contributed by atoms with Crippen LogP contribution in [0.4, 0.5) is 0 Å². The first-order valence-corrected chi connectivity index (χ1v) is 16.8. The summed E-state index contributed by atoms with van der Waals surface area (Å²) in [4.78, 5) is 15.9. The number of nitrogens with zero attached hydrogens (tertiary/aromatic N) is 4. The molecule has 0 amide bonds. The van der Waals surface area contributed by atoms with Gasteiger partial charge in [-0.05, 0) is 71.3 Å². The molecule has 0 saturated heterocycles. The third kappa shape index (κ3) is 6.48. The molecular weight excluding hydrogens is 576 g/mol. The minimum absolute atomic E-state index is 0.263. The smallest absolute Gasteiger partial charge is 0.121 e. The Morgan fingerprint density at radius 2 is 1.57 bits per heavy atom. The molecule has 3 heterocycles. The van der Waals surface area contributed by atoms with Gasteiger partial charge in [-0.2, -0.15) is 0 Å². The molecule has 0 fully saturated rings. The van der Waals surface area contributed by atoms with Crippen molar-refractivity contribution in [2.45, 2.75) is 58.0 Å². The third-order valence-electron chi connectivity index (χ3n) is 9.52. The van der Waals surface area contributed by atoms with Crippen molar-refractivity contribution in [1.82, 2.24) is 29.7 Å². The summed E-state index contributed by atoms with van der Waals surface area (Å²) < 4.78 is 2.37. The second-order valence-corrected chi connectivity index (χ2v) is 12.8. The van der Waals surface area contributed by atoms with Gasteiger partial charge in [-0.3, -0.25) is 9.88 Å². The van der Waals surface area contributed by atoms with E-state index in [0.717, 1.165) is 62.4 Å². The molecule has 47 heavy (non-hydrogen) atoms. The first-order chi connectivity index (χ1) is 23.3. The number of hydrogen-bond donors (Lipinski definition) is 2. The number of rotatable bonds is 11. The number of nitrogens with one attached hydrogen (secondary N) is 2. The standard InChI is InChI=1S/C41H40N6/c1-2-10-31(11-3-1)26-46-28-34(35-14-4-7-17-38(35)46)25-42-24-30-19-21-32(22-20-30)27-47(29-40-44-36-15-5-6-16-37(36)45-40)39-18-8-12-33-13-9-23-43-41(33)39/h1-7,9-11,13-17,19-23,28,39,42H,8,12,18,24-27,29H2,(H,44,45). The maximum atomic E-state index is 4.93. The molecule has 0 saturated carbocycles. The first-order valence-electron chi connectivity index (χ1n) is 16.8. The number of fused-ring (bicyclic) bond motifs is 3. The van der Waals surface area contributed by atoms with E-state index in [2.05, 4.69) is 135 Å². The van der Waals surface area contributed by atoms with Gasteiger partial charge >= 0.3 is 0 Å². The second-order valence-electron chi connectivity index (χ2n) is 12.8. The summed E-state index contributed by atoms with van der Waals surface area (Å²) in [7, 11) is 0. The molecule has 2 N–H and O–H groups in total. The quantitative estimate of drug-likeness (QED) is 0.153. The van der Waals surface area contributed by atoms with Gasteiger partial charge < -0.3 is 14.9 Å². The summed E-state index contributed by atoms with van der Waals surface area (Å²) in [5, 5.41) is 5.03. The lowest BCUT2D eigenvalue weighted by Crippen LogP contribution is -2.31. The Balaban J connectivity index is 0.963. The highest BCUT2D eigenvalue weighted by Crippen LogP contribution is 2.35. The van der Waals surface area contributed by atoms with Crippen LogP contribution >= 0.6 is 0 Å². The predicted molar refractivity (Wildman–Crippen MR) is 190 cm³/mol. The molecule has 7 aromatic rings. The lowest BCUT2D eigenvalue weighted by Gasteiger charge is -2.34. The van der Waals surface area contributed by atoms with Gasteiger partial charge in [-0.1, -0.05) is 91.0 Å². The Bertz CT molecular complexity index is 2060. The van der Waals surface area contributed by atoms with Crippen molar-refractivity contribution in [3.8, 4) is 0 Å². The van der Waals surface area contributed by atoms with Crippen molar-refractivity contribution in [2.24, 2.45) is 0 Å². The van der Waals surface area contributed by atoms with E-state index in [1.807, 2.05) is 12.3 Å². The number of para-hydroxylation sites is 3. The van der Waals surface area contributed by atoms with Crippen LogP contribution in [0.5, 0.6) is 0 Å². The molecule has 1 aliphatic rings. The molecule has 0 radical (unpaired) electrons. The van der Waals surface area contributed by atoms with Crippen LogP contribution in [0.1, 0.15) is 58.2 Å². The lowest BCUT2D eigenvalue weighted by molar-refractivity contribution is 0.153. The third-order valence-corrected chi connectivity index (χ3v) is 9.52. The minimum atomic E-state index is 0.263. The van der Waals surface area contributed by atoms with Crippen LogP contribution < -0.4 is 5.32 Å². The predicted octanol–water partition coefficient (Wildman–Crippen LogP) is 8.33. The number of aromatic amines is 1. The average molecular weight is 617 g/mol. The van der Waals surface area contributed by atoms with Crippen LogP contribution in [0.2, 0.25) is 0 Å². The number of imidazole rings is 1. The van der Waals surface area contributed by atoms with Gasteiger partial charge in [-0.25, -0.2) is 4.98 Å². The van der Waals surface area contributed by atoms with E-state index < -0.39 is 0 Å². The minimum Gasteiger partial charge on any atom is -0.343 e. The Labute approximate surface area is 276 Å². The van der Waals surface area contributed by atoms with E-state index in [1.54, 1.807) is 0 Å². The maximum Gasteiger partial charge on any atom is 0.121 e. The van der Waals surface area contributed by atoms with E-state index in [0.29, 0.717) is 0 Å². The summed E-state index contributed by atoms with van der Waals surface area (Å²) in [6.45, 7) is 4.10. The molecule has 6 heteroatoms. The fraction of sp³-hybridized carbons (Fsp3) is 0.220. The van der Waals surface area contributed by atoms with E-state index in [4.69, 9.17) is 9.97 Å². The van der Waals surface area contributed by atoms with Crippen LogP contribution in [-0.2, 0) is 39.1 Å². The number of benzene rings is 4. The summed E-state index contributed by atoms with van der Waals surface area (Å²) >= 11 is 0. The molecular formula is C41H40N6. The van der Waals surface area contributed by atoms with Crippen molar-refractivity contribution < 1.29 is 0 Å². The van der Waals surface area contributed by atoms with Gasteiger partial charge in [0.25, 0.3) is 0 Å². The molecule has 1 aliphatic carbocycles. The molecule has 1 unspecified atom stereocenters. The fourth-order valence-corrected chi connectivity index (χ4v) is 7.20. The van der Waals surface area contributed by atoms with Crippen molar-refractivity contribution in [1.29, 1.82) is 0 Å². The Hall–Kier alpha value is -5.04. The summed E-state index contributed by atoms with van der Waals surface area (Å²) in [6.07, 6.45) is 7.64. The highest BCUT2D eigenvalue weighted by atomic mass is 15.2. The molecule has 0 bridgehead atoms. The normalized spacial score (nSPS) is 14.6. The van der Waals surface area contributed by atoms with Crippen LogP contribution in [0.25, 0.3) is 21.9 Å². The van der Waals surface area contributed by atoms with E-state index in [-0.39, 0.29) is 6.04 Å². The Morgan fingerprint density at radius 1 is 0.766 bits per heavy atom. The first kappa shape index (κ1) is 29.4. The molecule has 1 atom stereocenters. The van der Waals surface area contributed by atoms with E-state index in [9.17, 15) is 0 Å². The van der Waals surface area contributed by atoms with Gasteiger partial charge in [0, 0.05) is 49.5 Å². The molecule has 4 aromatic carbocycles. The highest BCUT2D eigenvalue weighted by Gasteiger charge is 2.28. The maximum absolute atomic E-state index is 4.93.